The minimum atomic E-state index is -8.84. The van der Waals surface area contributed by atoms with Crippen molar-refractivity contribution in [3.8, 4) is 0 Å². The molecule has 0 aliphatic heterocycles. The van der Waals surface area contributed by atoms with Gasteiger partial charge >= 0.3 is 47.0 Å². The van der Waals surface area contributed by atoms with Gasteiger partial charge in [-0.2, -0.15) is 74.6 Å². The molecule has 0 aliphatic rings. The molecule has 0 amide bonds. The zero-order valence-electron chi connectivity index (χ0n) is 12.9. The summed E-state index contributed by atoms with van der Waals surface area (Å²) in [4.78, 5) is 0. The maximum absolute atomic E-state index is 13.1. The highest BCUT2D eigenvalue weighted by Gasteiger charge is 2.96. The summed E-state index contributed by atoms with van der Waals surface area (Å²) in [5.74, 6) is -51.6. The standard InChI is InChI=1S/C8H2F17NO2S.H3N/c9-1(10,3(13,14)5(17,18)7(21,22)23)2(11,12)4(15,16)6(19,20)8(24,25)29(26,27)28;/h(H2,26,27,28);1H3. The van der Waals surface area contributed by atoms with Gasteiger partial charge in [0.25, 0.3) is 10.0 Å². The Morgan fingerprint density at radius 2 is 0.633 bits per heavy atom. The van der Waals surface area contributed by atoms with Crippen LogP contribution in [0.3, 0.4) is 0 Å². The molecule has 0 saturated heterocycles. The van der Waals surface area contributed by atoms with Crippen molar-refractivity contribution >= 4 is 10.0 Å². The topological polar surface area (TPSA) is 95.2 Å². The Balaban J connectivity index is 0. The second-order valence-corrected chi connectivity index (χ2v) is 6.61. The number of nitrogens with two attached hydrogens (primary N) is 1. The fourth-order valence-corrected chi connectivity index (χ4v) is 1.81. The van der Waals surface area contributed by atoms with Crippen LogP contribution in [0, 0.1) is 0 Å². The monoisotopic (exact) mass is 516 g/mol. The Labute approximate surface area is 152 Å². The zero-order chi connectivity index (χ0) is 24.5. The largest absolute Gasteiger partial charge is 0.460 e. The van der Waals surface area contributed by atoms with Gasteiger partial charge in [-0.15, -0.1) is 0 Å². The summed E-state index contributed by atoms with van der Waals surface area (Å²) in [6, 6.07) is 0. The highest BCUT2D eigenvalue weighted by Crippen LogP contribution is 2.64. The summed E-state index contributed by atoms with van der Waals surface area (Å²) in [5.41, 5.74) is 0. The Hall–Kier alpha value is -1.32. The Morgan fingerprint density at radius 3 is 0.833 bits per heavy atom. The van der Waals surface area contributed by atoms with Crippen LogP contribution in [0.1, 0.15) is 0 Å². The van der Waals surface area contributed by atoms with E-state index >= 15 is 0 Å². The molecule has 0 radical (unpaired) electrons. The second-order valence-electron chi connectivity index (χ2n) is 5.01. The van der Waals surface area contributed by atoms with Gasteiger partial charge in [-0.25, -0.2) is 13.6 Å². The molecule has 0 aromatic rings. The maximum atomic E-state index is 13.1. The van der Waals surface area contributed by atoms with Crippen molar-refractivity contribution in [2.75, 3.05) is 0 Å². The van der Waals surface area contributed by atoms with Gasteiger partial charge in [0.2, 0.25) is 0 Å². The highest BCUT2D eigenvalue weighted by atomic mass is 32.2. The van der Waals surface area contributed by atoms with Gasteiger partial charge in [0.05, 0.1) is 0 Å². The van der Waals surface area contributed by atoms with E-state index < -0.39 is 57.0 Å². The number of rotatable bonds is 7. The van der Waals surface area contributed by atoms with E-state index in [-0.39, 0.29) is 6.15 Å². The molecule has 184 valence electrons. The van der Waals surface area contributed by atoms with Crippen LogP contribution in [-0.4, -0.2) is 55.4 Å². The summed E-state index contributed by atoms with van der Waals surface area (Å²) < 4.78 is 236. The number of alkyl halides is 17. The fraction of sp³-hybridized carbons (Fsp3) is 1.00. The van der Waals surface area contributed by atoms with E-state index in [4.69, 9.17) is 0 Å². The lowest BCUT2D eigenvalue weighted by Gasteiger charge is -2.42. The Morgan fingerprint density at radius 1 is 0.433 bits per heavy atom. The Kier molecular flexibility index (Phi) is 7.31. The quantitative estimate of drug-likeness (QED) is 0.492. The summed E-state index contributed by atoms with van der Waals surface area (Å²) >= 11 is 0. The van der Waals surface area contributed by atoms with Crippen molar-refractivity contribution in [1.82, 2.24) is 6.15 Å². The average Bonchev–Trinajstić information content (AvgIpc) is 2.43. The summed E-state index contributed by atoms with van der Waals surface area (Å²) in [7, 11) is -7.39. The van der Waals surface area contributed by atoms with Crippen LogP contribution in [0.5, 0.6) is 0 Å². The molecular weight excluding hydrogens is 511 g/mol. The molecule has 0 fully saturated rings. The van der Waals surface area contributed by atoms with E-state index in [2.05, 4.69) is 5.14 Å². The molecule has 22 heteroatoms. The van der Waals surface area contributed by atoms with E-state index in [9.17, 15) is 83.1 Å². The van der Waals surface area contributed by atoms with Crippen molar-refractivity contribution in [3.63, 3.8) is 0 Å². The maximum Gasteiger partial charge on any atom is 0.460 e. The van der Waals surface area contributed by atoms with Gasteiger partial charge in [-0.3, -0.25) is 0 Å². The first-order chi connectivity index (χ1) is 12.0. The molecule has 0 atom stereocenters. The first-order valence-corrected chi connectivity index (χ1v) is 7.28. The van der Waals surface area contributed by atoms with Gasteiger partial charge in [-0.05, 0) is 0 Å². The third-order valence-corrected chi connectivity index (χ3v) is 4.02. The average molecular weight is 516 g/mol. The third kappa shape index (κ3) is 3.52. The SMILES string of the molecule is N.NS(=O)(=O)C(F)(F)C(F)(F)C(F)(F)C(F)(F)C(F)(F)C(F)(F)C(F)(F)C(F)(F)F. The first kappa shape index (κ1) is 30.9. The third-order valence-electron chi connectivity index (χ3n) is 3.05. The predicted octanol–water partition coefficient (Wildman–Crippen LogP) is 4.40. The number of hydrogen-bond donors (Lipinski definition) is 2. The molecule has 0 unspecified atom stereocenters. The zero-order valence-corrected chi connectivity index (χ0v) is 13.8. The van der Waals surface area contributed by atoms with Crippen molar-refractivity contribution in [2.45, 2.75) is 47.0 Å². The molecular formula is C8H5F17N2O2S. The van der Waals surface area contributed by atoms with Crippen molar-refractivity contribution in [3.05, 3.63) is 0 Å². The van der Waals surface area contributed by atoms with E-state index in [1.54, 1.807) is 0 Å². The fourth-order valence-electron chi connectivity index (χ4n) is 1.33. The summed E-state index contributed by atoms with van der Waals surface area (Å²) in [6.07, 6.45) is -7.86. The van der Waals surface area contributed by atoms with Crippen LogP contribution in [0.25, 0.3) is 0 Å². The lowest BCUT2D eigenvalue weighted by Crippen LogP contribution is -2.75. The molecule has 0 bridgehead atoms. The van der Waals surface area contributed by atoms with Crippen LogP contribution < -0.4 is 11.3 Å². The van der Waals surface area contributed by atoms with Crippen molar-refractivity contribution in [1.29, 1.82) is 0 Å². The molecule has 0 heterocycles. The minimum Gasteiger partial charge on any atom is -0.344 e. The minimum absolute atomic E-state index is 0. The van der Waals surface area contributed by atoms with Crippen LogP contribution in [0.2, 0.25) is 0 Å². The molecule has 30 heavy (non-hydrogen) atoms. The molecule has 0 aromatic carbocycles. The van der Waals surface area contributed by atoms with Crippen LogP contribution >= 0.6 is 0 Å². The van der Waals surface area contributed by atoms with Gasteiger partial charge in [0.15, 0.2) is 0 Å². The smallest absolute Gasteiger partial charge is 0.344 e. The molecule has 0 aromatic heterocycles. The van der Waals surface area contributed by atoms with E-state index in [0.717, 1.165) is 0 Å². The first-order valence-electron chi connectivity index (χ1n) is 5.74. The lowest BCUT2D eigenvalue weighted by molar-refractivity contribution is -0.458. The number of halogens is 17. The van der Waals surface area contributed by atoms with Gasteiger partial charge < -0.3 is 6.15 Å². The molecule has 0 rings (SSSR count). The second kappa shape index (κ2) is 7.10. The molecule has 0 saturated carbocycles. The van der Waals surface area contributed by atoms with Gasteiger partial charge in [-0.1, -0.05) is 0 Å². The normalized spacial score (nSPS) is 16.3. The van der Waals surface area contributed by atoms with E-state index in [1.165, 1.54) is 0 Å². The van der Waals surface area contributed by atoms with Gasteiger partial charge in [0.1, 0.15) is 0 Å². The Bertz CT molecular complexity index is 739. The number of primary sulfonamides is 1. The van der Waals surface area contributed by atoms with Crippen LogP contribution in [0.15, 0.2) is 0 Å². The molecule has 0 spiro atoms. The predicted molar refractivity (Wildman–Crippen MR) is 58.8 cm³/mol. The van der Waals surface area contributed by atoms with Gasteiger partial charge in [0, 0.05) is 0 Å². The molecule has 5 N–H and O–H groups in total. The summed E-state index contributed by atoms with van der Waals surface area (Å²) in [6.45, 7) is 0. The summed E-state index contributed by atoms with van der Waals surface area (Å²) in [5, 5.41) is -4.30. The van der Waals surface area contributed by atoms with Crippen molar-refractivity contribution in [2.24, 2.45) is 5.14 Å². The van der Waals surface area contributed by atoms with E-state index in [0.29, 0.717) is 0 Å². The lowest BCUT2D eigenvalue weighted by atomic mass is 9.91. The number of hydrogen-bond acceptors (Lipinski definition) is 3. The number of sulfonamides is 1. The van der Waals surface area contributed by atoms with Crippen LogP contribution in [-0.2, 0) is 10.0 Å². The van der Waals surface area contributed by atoms with Crippen LogP contribution in [0.4, 0.5) is 74.6 Å². The highest BCUT2D eigenvalue weighted by molar-refractivity contribution is 7.90. The van der Waals surface area contributed by atoms with E-state index in [1.807, 2.05) is 0 Å². The molecule has 0 aliphatic carbocycles. The van der Waals surface area contributed by atoms with Crippen molar-refractivity contribution < 1.29 is 83.1 Å². The molecule has 4 nitrogen and oxygen atoms in total.